The van der Waals surface area contributed by atoms with Crippen molar-refractivity contribution in [3.63, 3.8) is 0 Å². The summed E-state index contributed by atoms with van der Waals surface area (Å²) in [7, 11) is 2.19. The molecule has 3 heterocycles. The van der Waals surface area contributed by atoms with E-state index < -0.39 is 0 Å². The van der Waals surface area contributed by atoms with E-state index in [0.29, 0.717) is 24.2 Å². The van der Waals surface area contributed by atoms with Crippen LogP contribution < -0.4 is 0 Å². The molecule has 2 saturated heterocycles. The van der Waals surface area contributed by atoms with Crippen molar-refractivity contribution in [1.29, 1.82) is 0 Å². The van der Waals surface area contributed by atoms with Gasteiger partial charge in [0.05, 0.1) is 5.92 Å². The molecule has 1 aliphatic carbocycles. The van der Waals surface area contributed by atoms with E-state index in [2.05, 4.69) is 22.0 Å². The van der Waals surface area contributed by atoms with Crippen LogP contribution in [0, 0.1) is 11.8 Å². The highest BCUT2D eigenvalue weighted by Crippen LogP contribution is 2.30. The van der Waals surface area contributed by atoms with Gasteiger partial charge in [-0.2, -0.15) is 4.98 Å². The Morgan fingerprint density at radius 1 is 1.04 bits per heavy atom. The van der Waals surface area contributed by atoms with E-state index in [1.165, 1.54) is 44.9 Å². The second-order valence-corrected chi connectivity index (χ2v) is 9.04. The number of carbonyl (C=O) groups is 1. The first kappa shape index (κ1) is 18.9. The molecule has 1 atom stereocenters. The van der Waals surface area contributed by atoms with Crippen molar-refractivity contribution < 1.29 is 9.32 Å². The quantitative estimate of drug-likeness (QED) is 0.792. The van der Waals surface area contributed by atoms with E-state index in [0.717, 1.165) is 50.7 Å². The van der Waals surface area contributed by atoms with E-state index in [1.54, 1.807) is 0 Å². The number of aromatic nitrogens is 2. The van der Waals surface area contributed by atoms with E-state index >= 15 is 0 Å². The molecule has 6 heteroatoms. The molecule has 2 aliphatic heterocycles. The molecule has 0 N–H and O–H groups in total. The van der Waals surface area contributed by atoms with Crippen LogP contribution in [0.3, 0.4) is 0 Å². The molecule has 1 saturated carbocycles. The van der Waals surface area contributed by atoms with Crippen LogP contribution in [0.15, 0.2) is 4.52 Å². The predicted octanol–water partition coefficient (Wildman–Crippen LogP) is 3.24. The number of carbonyl (C=O) groups excluding carboxylic acids is 1. The maximum atomic E-state index is 12.4. The number of rotatable bonds is 5. The minimum atomic E-state index is 0.213. The van der Waals surface area contributed by atoms with Crippen molar-refractivity contribution in [2.24, 2.45) is 11.8 Å². The first-order valence-corrected chi connectivity index (χ1v) is 11.0. The third kappa shape index (κ3) is 4.89. The number of amides is 1. The Kier molecular flexibility index (Phi) is 6.11. The average Bonchev–Trinajstić information content (AvgIpc) is 3.15. The topological polar surface area (TPSA) is 62.5 Å². The number of likely N-dealkylation sites (tertiary alicyclic amines) is 2. The number of hydrogen-bond acceptors (Lipinski definition) is 5. The van der Waals surface area contributed by atoms with Gasteiger partial charge < -0.3 is 14.3 Å². The first-order chi connectivity index (χ1) is 13.2. The molecule has 0 spiro atoms. The Labute approximate surface area is 162 Å². The Bertz CT molecular complexity index is 617. The third-order valence-corrected chi connectivity index (χ3v) is 6.85. The predicted molar refractivity (Wildman–Crippen MR) is 103 cm³/mol. The highest BCUT2D eigenvalue weighted by Gasteiger charge is 2.32. The first-order valence-electron chi connectivity index (χ1n) is 11.0. The van der Waals surface area contributed by atoms with Crippen LogP contribution >= 0.6 is 0 Å². The lowest BCUT2D eigenvalue weighted by Crippen LogP contribution is -2.42. The van der Waals surface area contributed by atoms with Crippen molar-refractivity contribution in [2.75, 3.05) is 33.2 Å². The molecule has 0 aromatic carbocycles. The summed E-state index contributed by atoms with van der Waals surface area (Å²) < 4.78 is 5.63. The fourth-order valence-corrected chi connectivity index (χ4v) is 5.01. The zero-order valence-corrected chi connectivity index (χ0v) is 16.7. The van der Waals surface area contributed by atoms with Gasteiger partial charge in [-0.05, 0) is 64.1 Å². The van der Waals surface area contributed by atoms with Gasteiger partial charge in [0, 0.05) is 25.9 Å². The second-order valence-electron chi connectivity index (χ2n) is 9.04. The Hall–Kier alpha value is -1.43. The summed E-state index contributed by atoms with van der Waals surface area (Å²) >= 11 is 0. The number of hydrogen-bond donors (Lipinski definition) is 0. The lowest BCUT2D eigenvalue weighted by molar-refractivity contribution is -0.134. The summed E-state index contributed by atoms with van der Waals surface area (Å²) in [5.41, 5.74) is 0. The molecule has 1 aromatic heterocycles. The third-order valence-electron chi connectivity index (χ3n) is 6.85. The maximum Gasteiger partial charge on any atom is 0.231 e. The molecule has 0 radical (unpaired) electrons. The molecule has 27 heavy (non-hydrogen) atoms. The van der Waals surface area contributed by atoms with Crippen molar-refractivity contribution in [3.05, 3.63) is 11.7 Å². The molecular weight excluding hydrogens is 340 g/mol. The Morgan fingerprint density at radius 2 is 1.81 bits per heavy atom. The maximum absolute atomic E-state index is 12.4. The monoisotopic (exact) mass is 374 g/mol. The van der Waals surface area contributed by atoms with Crippen molar-refractivity contribution in [3.8, 4) is 0 Å². The second kappa shape index (κ2) is 8.72. The molecular formula is C21H34N4O2. The van der Waals surface area contributed by atoms with Crippen molar-refractivity contribution in [1.82, 2.24) is 19.9 Å². The molecule has 4 rings (SSSR count). The van der Waals surface area contributed by atoms with Crippen molar-refractivity contribution >= 4 is 5.91 Å². The average molecular weight is 375 g/mol. The molecule has 3 fully saturated rings. The number of nitrogens with zero attached hydrogens (tertiary/aromatic N) is 4. The van der Waals surface area contributed by atoms with E-state index in [1.807, 2.05) is 0 Å². The van der Waals surface area contributed by atoms with Crippen LogP contribution in [0.1, 0.15) is 75.4 Å². The normalized spacial score (nSPS) is 26.6. The molecule has 0 unspecified atom stereocenters. The number of piperidine rings is 2. The SMILES string of the molecule is CN1CCC(Cc2noc([C@H]3CCC(=O)N(CC4CCCCC4)C3)n2)CC1. The van der Waals surface area contributed by atoms with Crippen LogP contribution in [0.4, 0.5) is 0 Å². The van der Waals surface area contributed by atoms with E-state index in [-0.39, 0.29) is 5.92 Å². The Balaban J connectivity index is 1.32. The standard InChI is InChI=1S/C21H34N4O2/c1-24-11-9-16(10-12-24)13-19-22-21(27-23-19)18-7-8-20(26)25(15-18)14-17-5-3-2-4-6-17/h16-18H,2-15H2,1H3/t18-/m0/s1. The van der Waals surface area contributed by atoms with Crippen LogP contribution in [-0.4, -0.2) is 59.1 Å². The fourth-order valence-electron chi connectivity index (χ4n) is 5.01. The van der Waals surface area contributed by atoms with Gasteiger partial charge in [0.15, 0.2) is 5.82 Å². The summed E-state index contributed by atoms with van der Waals surface area (Å²) in [6.45, 7) is 4.00. The van der Waals surface area contributed by atoms with Crippen LogP contribution in [-0.2, 0) is 11.2 Å². The molecule has 1 aromatic rings. The summed E-state index contributed by atoms with van der Waals surface area (Å²) in [6.07, 6.45) is 11.4. The van der Waals surface area contributed by atoms with Gasteiger partial charge in [-0.15, -0.1) is 0 Å². The summed E-state index contributed by atoms with van der Waals surface area (Å²) in [6, 6.07) is 0. The van der Waals surface area contributed by atoms with Gasteiger partial charge in [0.25, 0.3) is 0 Å². The van der Waals surface area contributed by atoms with Crippen LogP contribution in [0.2, 0.25) is 0 Å². The zero-order chi connectivity index (χ0) is 18.6. The minimum absolute atomic E-state index is 0.213. The Morgan fingerprint density at radius 3 is 2.59 bits per heavy atom. The van der Waals surface area contributed by atoms with Crippen molar-refractivity contribution in [2.45, 2.75) is 70.1 Å². The minimum Gasteiger partial charge on any atom is -0.342 e. The molecule has 0 bridgehead atoms. The van der Waals surface area contributed by atoms with E-state index in [4.69, 9.17) is 9.51 Å². The summed E-state index contributed by atoms with van der Waals surface area (Å²) in [5.74, 6) is 3.48. The van der Waals surface area contributed by atoms with Gasteiger partial charge in [-0.3, -0.25) is 4.79 Å². The molecule has 3 aliphatic rings. The summed E-state index contributed by atoms with van der Waals surface area (Å²) in [5, 5.41) is 4.26. The van der Waals surface area contributed by atoms with Crippen LogP contribution in [0.5, 0.6) is 0 Å². The van der Waals surface area contributed by atoms with Gasteiger partial charge in [-0.25, -0.2) is 0 Å². The van der Waals surface area contributed by atoms with Gasteiger partial charge in [0.1, 0.15) is 0 Å². The zero-order valence-electron chi connectivity index (χ0n) is 16.7. The highest BCUT2D eigenvalue weighted by molar-refractivity contribution is 5.77. The largest absolute Gasteiger partial charge is 0.342 e. The van der Waals surface area contributed by atoms with Crippen LogP contribution in [0.25, 0.3) is 0 Å². The summed E-state index contributed by atoms with van der Waals surface area (Å²) in [4.78, 5) is 21.6. The van der Waals surface area contributed by atoms with Gasteiger partial charge in [-0.1, -0.05) is 24.4 Å². The fraction of sp³-hybridized carbons (Fsp3) is 0.857. The van der Waals surface area contributed by atoms with Gasteiger partial charge >= 0.3 is 0 Å². The highest BCUT2D eigenvalue weighted by atomic mass is 16.5. The van der Waals surface area contributed by atoms with Gasteiger partial charge in [0.2, 0.25) is 11.8 Å². The lowest BCUT2D eigenvalue weighted by Gasteiger charge is -2.34. The smallest absolute Gasteiger partial charge is 0.231 e. The molecule has 6 nitrogen and oxygen atoms in total. The van der Waals surface area contributed by atoms with E-state index in [9.17, 15) is 4.79 Å². The lowest BCUT2D eigenvalue weighted by atomic mass is 9.87. The molecule has 1 amide bonds. The molecule has 150 valence electrons.